The fourth-order valence-electron chi connectivity index (χ4n) is 1.31. The summed E-state index contributed by atoms with van der Waals surface area (Å²) in [6, 6.07) is 6.16. The van der Waals surface area contributed by atoms with Gasteiger partial charge in [0, 0.05) is 24.1 Å². The zero-order chi connectivity index (χ0) is 11.5. The molecule has 0 radical (unpaired) electrons. The van der Waals surface area contributed by atoms with E-state index in [1.807, 2.05) is 6.92 Å². The Morgan fingerprint density at radius 1 is 1.38 bits per heavy atom. The molecule has 6 heteroatoms. The SMILES string of the molecule is CCc1nc(-c2ccc([N+](=O)[O-])cc2)n[nH]1. The topological polar surface area (TPSA) is 84.7 Å². The van der Waals surface area contributed by atoms with Gasteiger partial charge in [0.25, 0.3) is 5.69 Å². The zero-order valence-corrected chi connectivity index (χ0v) is 8.67. The molecule has 1 aromatic carbocycles. The van der Waals surface area contributed by atoms with Crippen molar-refractivity contribution in [2.45, 2.75) is 13.3 Å². The normalized spacial score (nSPS) is 10.3. The number of nitrogens with one attached hydrogen (secondary N) is 1. The highest BCUT2D eigenvalue weighted by molar-refractivity contribution is 5.56. The molecule has 1 heterocycles. The fourth-order valence-corrected chi connectivity index (χ4v) is 1.31. The van der Waals surface area contributed by atoms with E-state index in [0.717, 1.165) is 17.8 Å². The number of aromatic amines is 1. The number of non-ortho nitro benzene ring substituents is 1. The van der Waals surface area contributed by atoms with Crippen molar-refractivity contribution >= 4 is 5.69 Å². The van der Waals surface area contributed by atoms with E-state index in [0.29, 0.717) is 5.82 Å². The lowest BCUT2D eigenvalue weighted by Crippen LogP contribution is -1.88. The highest BCUT2D eigenvalue weighted by Crippen LogP contribution is 2.18. The molecule has 0 fully saturated rings. The molecule has 0 bridgehead atoms. The lowest BCUT2D eigenvalue weighted by Gasteiger charge is -1.94. The Hall–Kier alpha value is -2.24. The third-order valence-corrected chi connectivity index (χ3v) is 2.20. The third-order valence-electron chi connectivity index (χ3n) is 2.20. The first-order chi connectivity index (χ1) is 7.70. The van der Waals surface area contributed by atoms with Gasteiger partial charge in [-0.1, -0.05) is 6.92 Å². The number of aromatic nitrogens is 3. The second kappa shape index (κ2) is 4.09. The van der Waals surface area contributed by atoms with Gasteiger partial charge in [-0.3, -0.25) is 15.2 Å². The number of aryl methyl sites for hydroxylation is 1. The summed E-state index contributed by atoms with van der Waals surface area (Å²) in [4.78, 5) is 14.3. The largest absolute Gasteiger partial charge is 0.269 e. The first-order valence-corrected chi connectivity index (χ1v) is 4.87. The summed E-state index contributed by atoms with van der Waals surface area (Å²) in [6.07, 6.45) is 0.778. The summed E-state index contributed by atoms with van der Waals surface area (Å²) in [5.74, 6) is 1.36. The molecule has 1 N–H and O–H groups in total. The Kier molecular flexibility index (Phi) is 2.63. The Balaban J connectivity index is 2.30. The minimum atomic E-state index is -0.431. The van der Waals surface area contributed by atoms with Crippen LogP contribution in [0.5, 0.6) is 0 Å². The maximum absolute atomic E-state index is 10.5. The van der Waals surface area contributed by atoms with E-state index < -0.39 is 4.92 Å². The molecule has 6 nitrogen and oxygen atoms in total. The van der Waals surface area contributed by atoms with Crippen molar-refractivity contribution in [2.24, 2.45) is 0 Å². The van der Waals surface area contributed by atoms with Gasteiger partial charge in [0.2, 0.25) is 0 Å². The quantitative estimate of drug-likeness (QED) is 0.630. The second-order valence-electron chi connectivity index (χ2n) is 3.26. The molecule has 2 rings (SSSR count). The van der Waals surface area contributed by atoms with E-state index in [4.69, 9.17) is 0 Å². The molecule has 0 spiro atoms. The standard InChI is InChI=1S/C10H10N4O2/c1-2-9-11-10(13-12-9)7-3-5-8(6-4-7)14(15)16/h3-6H,2H2,1H3,(H,11,12,13). The van der Waals surface area contributed by atoms with Crippen LogP contribution in [0.1, 0.15) is 12.7 Å². The predicted molar refractivity (Wildman–Crippen MR) is 57.9 cm³/mol. The molecular weight excluding hydrogens is 208 g/mol. The molecule has 0 aliphatic rings. The van der Waals surface area contributed by atoms with Gasteiger partial charge in [0.15, 0.2) is 5.82 Å². The minimum Gasteiger partial charge on any atom is -0.263 e. The maximum atomic E-state index is 10.5. The van der Waals surface area contributed by atoms with Crippen molar-refractivity contribution in [1.82, 2.24) is 15.2 Å². The van der Waals surface area contributed by atoms with Crippen LogP contribution in [0.4, 0.5) is 5.69 Å². The summed E-state index contributed by atoms with van der Waals surface area (Å²) in [7, 11) is 0. The predicted octanol–water partition coefficient (Wildman–Crippen LogP) is 1.94. The van der Waals surface area contributed by atoms with Gasteiger partial charge in [-0.25, -0.2) is 4.98 Å². The average molecular weight is 218 g/mol. The Morgan fingerprint density at radius 3 is 2.56 bits per heavy atom. The van der Waals surface area contributed by atoms with Crippen LogP contribution in [0.15, 0.2) is 24.3 Å². The van der Waals surface area contributed by atoms with Crippen LogP contribution in [0, 0.1) is 10.1 Å². The second-order valence-corrected chi connectivity index (χ2v) is 3.26. The van der Waals surface area contributed by atoms with E-state index in [2.05, 4.69) is 15.2 Å². The summed E-state index contributed by atoms with van der Waals surface area (Å²) in [5.41, 5.74) is 0.830. The lowest BCUT2D eigenvalue weighted by molar-refractivity contribution is -0.384. The van der Waals surface area contributed by atoms with Gasteiger partial charge in [-0.2, -0.15) is 5.10 Å². The summed E-state index contributed by atoms with van der Waals surface area (Å²) >= 11 is 0. The van der Waals surface area contributed by atoms with Crippen LogP contribution >= 0.6 is 0 Å². The molecule has 2 aromatic rings. The van der Waals surface area contributed by atoms with Gasteiger partial charge in [-0.05, 0) is 12.1 Å². The fraction of sp³-hybridized carbons (Fsp3) is 0.200. The highest BCUT2D eigenvalue weighted by atomic mass is 16.6. The van der Waals surface area contributed by atoms with Crippen LogP contribution < -0.4 is 0 Å². The first-order valence-electron chi connectivity index (χ1n) is 4.87. The number of rotatable bonds is 3. The van der Waals surface area contributed by atoms with Crippen molar-refractivity contribution in [3.8, 4) is 11.4 Å². The first kappa shape index (κ1) is 10.3. The summed E-state index contributed by atoms with van der Waals surface area (Å²) < 4.78 is 0. The molecule has 82 valence electrons. The number of benzene rings is 1. The number of hydrogen-bond donors (Lipinski definition) is 1. The van der Waals surface area contributed by atoms with Gasteiger partial charge >= 0.3 is 0 Å². The van der Waals surface area contributed by atoms with Gasteiger partial charge in [0.1, 0.15) is 5.82 Å². The zero-order valence-electron chi connectivity index (χ0n) is 8.67. The van der Waals surface area contributed by atoms with Crippen molar-refractivity contribution in [1.29, 1.82) is 0 Å². The lowest BCUT2D eigenvalue weighted by atomic mass is 10.2. The van der Waals surface area contributed by atoms with Crippen LogP contribution in [0.25, 0.3) is 11.4 Å². The van der Waals surface area contributed by atoms with Gasteiger partial charge in [0.05, 0.1) is 4.92 Å². The summed E-state index contributed by atoms with van der Waals surface area (Å²) in [5, 5.41) is 17.3. The highest BCUT2D eigenvalue weighted by Gasteiger charge is 2.08. The van der Waals surface area contributed by atoms with Crippen LogP contribution in [-0.4, -0.2) is 20.1 Å². The molecule has 16 heavy (non-hydrogen) atoms. The van der Waals surface area contributed by atoms with Crippen molar-refractivity contribution in [2.75, 3.05) is 0 Å². The van der Waals surface area contributed by atoms with Gasteiger partial charge in [-0.15, -0.1) is 0 Å². The number of hydrogen-bond acceptors (Lipinski definition) is 4. The molecule has 0 unspecified atom stereocenters. The summed E-state index contributed by atoms with van der Waals surface area (Å²) in [6.45, 7) is 1.97. The Morgan fingerprint density at radius 2 is 2.06 bits per heavy atom. The third kappa shape index (κ3) is 1.90. The van der Waals surface area contributed by atoms with Gasteiger partial charge < -0.3 is 0 Å². The molecule has 0 aliphatic heterocycles. The molecule has 0 atom stereocenters. The van der Waals surface area contributed by atoms with Crippen LogP contribution in [-0.2, 0) is 6.42 Å². The van der Waals surface area contributed by atoms with Crippen molar-refractivity contribution < 1.29 is 4.92 Å². The maximum Gasteiger partial charge on any atom is 0.269 e. The van der Waals surface area contributed by atoms with E-state index in [9.17, 15) is 10.1 Å². The van der Waals surface area contributed by atoms with E-state index in [1.54, 1.807) is 12.1 Å². The molecule has 1 aromatic heterocycles. The van der Waals surface area contributed by atoms with E-state index in [-0.39, 0.29) is 5.69 Å². The molecule has 0 saturated carbocycles. The van der Waals surface area contributed by atoms with Crippen LogP contribution in [0.2, 0.25) is 0 Å². The minimum absolute atomic E-state index is 0.0648. The van der Waals surface area contributed by atoms with Crippen molar-refractivity contribution in [3.05, 3.63) is 40.2 Å². The molecule has 0 saturated heterocycles. The number of nitro groups is 1. The number of nitro benzene ring substituents is 1. The number of H-pyrrole nitrogens is 1. The molecule has 0 aliphatic carbocycles. The average Bonchev–Trinajstić information content (AvgIpc) is 2.77. The molecule has 0 amide bonds. The monoisotopic (exact) mass is 218 g/mol. The number of nitrogens with zero attached hydrogens (tertiary/aromatic N) is 3. The van der Waals surface area contributed by atoms with E-state index >= 15 is 0 Å². The smallest absolute Gasteiger partial charge is 0.263 e. The van der Waals surface area contributed by atoms with Crippen LogP contribution in [0.3, 0.4) is 0 Å². The molecular formula is C10H10N4O2. The van der Waals surface area contributed by atoms with Crippen molar-refractivity contribution in [3.63, 3.8) is 0 Å². The Bertz CT molecular complexity index is 504. The van der Waals surface area contributed by atoms with E-state index in [1.165, 1.54) is 12.1 Å². The Labute approximate surface area is 91.5 Å².